The van der Waals surface area contributed by atoms with E-state index in [2.05, 4.69) is 25.1 Å². The summed E-state index contributed by atoms with van der Waals surface area (Å²) in [6.45, 7) is 0.802. The number of rotatable bonds is 5. The maximum atomic E-state index is 14.5. The highest BCUT2D eigenvalue weighted by Gasteiger charge is 2.37. The molecule has 4 heterocycles. The second-order valence-corrected chi connectivity index (χ2v) is 7.60. The van der Waals surface area contributed by atoms with Crippen molar-refractivity contribution >= 4 is 11.6 Å². The van der Waals surface area contributed by atoms with E-state index in [4.69, 9.17) is 5.73 Å². The molecule has 1 unspecified atom stereocenters. The number of hydrogen-bond donors (Lipinski definition) is 1. The van der Waals surface area contributed by atoms with Crippen molar-refractivity contribution in [2.45, 2.75) is 18.9 Å². The maximum Gasteiger partial charge on any atom is 0.271 e. The Morgan fingerprint density at radius 1 is 0.970 bits per heavy atom. The molecular weight excluding hydrogens is 433 g/mol. The molecule has 1 aromatic carbocycles. The van der Waals surface area contributed by atoms with Crippen LogP contribution in [0.2, 0.25) is 0 Å². The monoisotopic (exact) mass is 450 g/mol. The van der Waals surface area contributed by atoms with E-state index < -0.39 is 17.8 Å². The van der Waals surface area contributed by atoms with Crippen LogP contribution >= 0.6 is 0 Å². The molecule has 0 bridgehead atoms. The smallest absolute Gasteiger partial charge is 0.271 e. The molecule has 0 saturated carbocycles. The van der Waals surface area contributed by atoms with Crippen molar-refractivity contribution in [3.05, 3.63) is 78.8 Å². The fourth-order valence-electron chi connectivity index (χ4n) is 3.64. The zero-order valence-electron chi connectivity index (χ0n) is 17.3. The number of benzene rings is 1. The van der Waals surface area contributed by atoms with Crippen LogP contribution in [0, 0.1) is 5.82 Å². The second-order valence-electron chi connectivity index (χ2n) is 7.60. The molecule has 0 aliphatic rings. The van der Waals surface area contributed by atoms with Gasteiger partial charge in [0.1, 0.15) is 11.9 Å². The number of pyridine rings is 1. The van der Waals surface area contributed by atoms with Crippen LogP contribution in [0.5, 0.6) is 0 Å². The van der Waals surface area contributed by atoms with Gasteiger partial charge in [-0.15, -0.1) is 5.10 Å². The van der Waals surface area contributed by atoms with Gasteiger partial charge in [-0.25, -0.2) is 22.7 Å². The largest absolute Gasteiger partial charge is 0.366 e. The molecule has 0 aliphatic carbocycles. The third-order valence-corrected chi connectivity index (χ3v) is 5.11. The zero-order valence-corrected chi connectivity index (χ0v) is 17.3. The summed E-state index contributed by atoms with van der Waals surface area (Å²) in [4.78, 5) is 13.0. The summed E-state index contributed by atoms with van der Waals surface area (Å²) in [5.41, 5.74) is 8.68. The van der Waals surface area contributed by atoms with Gasteiger partial charge in [0.25, 0.3) is 5.92 Å². The van der Waals surface area contributed by atoms with Crippen LogP contribution in [-0.4, -0.2) is 40.3 Å². The highest BCUT2D eigenvalue weighted by molar-refractivity contribution is 5.66. The van der Waals surface area contributed by atoms with Crippen molar-refractivity contribution in [2.75, 3.05) is 5.73 Å². The van der Waals surface area contributed by atoms with Crippen molar-refractivity contribution in [3.8, 4) is 22.5 Å². The number of alkyl halides is 2. The summed E-state index contributed by atoms with van der Waals surface area (Å²) in [6.07, 6.45) is 7.73. The maximum absolute atomic E-state index is 14.5. The second kappa shape index (κ2) is 7.69. The van der Waals surface area contributed by atoms with Crippen LogP contribution in [0.25, 0.3) is 28.2 Å². The van der Waals surface area contributed by atoms with Gasteiger partial charge in [-0.2, -0.15) is 10.1 Å². The van der Waals surface area contributed by atoms with Crippen molar-refractivity contribution in [2.24, 2.45) is 0 Å². The average Bonchev–Trinajstić information content (AvgIpc) is 3.40. The number of hydrogen-bond acceptors (Lipinski definition) is 6. The highest BCUT2D eigenvalue weighted by atomic mass is 19.3. The predicted octanol–water partition coefficient (Wildman–Crippen LogP) is 4.02. The Hall–Kier alpha value is -4.28. The van der Waals surface area contributed by atoms with E-state index in [9.17, 15) is 13.2 Å². The summed E-state index contributed by atoms with van der Waals surface area (Å²) < 4.78 is 45.0. The summed E-state index contributed by atoms with van der Waals surface area (Å²) in [5, 5.41) is 8.18. The first-order chi connectivity index (χ1) is 15.8. The number of halogens is 3. The normalized spacial score (nSPS) is 12.8. The molecule has 33 heavy (non-hydrogen) atoms. The Morgan fingerprint density at radius 3 is 2.42 bits per heavy atom. The van der Waals surface area contributed by atoms with Gasteiger partial charge in [0, 0.05) is 30.4 Å². The van der Waals surface area contributed by atoms with E-state index in [0.717, 1.165) is 29.3 Å². The molecule has 0 saturated heterocycles. The molecule has 5 aromatic rings. The highest BCUT2D eigenvalue weighted by Crippen LogP contribution is 2.35. The van der Waals surface area contributed by atoms with Gasteiger partial charge in [-0.3, -0.25) is 9.67 Å². The molecule has 4 aromatic heterocycles. The van der Waals surface area contributed by atoms with Gasteiger partial charge in [0.15, 0.2) is 5.65 Å². The van der Waals surface area contributed by atoms with E-state index in [1.54, 1.807) is 29.0 Å². The van der Waals surface area contributed by atoms with Gasteiger partial charge in [0.2, 0.25) is 5.95 Å². The van der Waals surface area contributed by atoms with E-state index >= 15 is 0 Å². The molecule has 0 aliphatic heterocycles. The molecule has 0 radical (unpaired) electrons. The third kappa shape index (κ3) is 4.00. The van der Waals surface area contributed by atoms with Crippen LogP contribution in [0.3, 0.4) is 0 Å². The lowest BCUT2D eigenvalue weighted by Crippen LogP contribution is -2.29. The Balaban J connectivity index is 1.50. The van der Waals surface area contributed by atoms with Gasteiger partial charge in [0.05, 0.1) is 30.0 Å². The average molecular weight is 450 g/mol. The fourth-order valence-corrected chi connectivity index (χ4v) is 3.64. The molecule has 8 nitrogen and oxygen atoms in total. The quantitative estimate of drug-likeness (QED) is 0.434. The van der Waals surface area contributed by atoms with Crippen LogP contribution < -0.4 is 5.73 Å². The molecule has 1 atom stereocenters. The van der Waals surface area contributed by atoms with E-state index in [1.165, 1.54) is 30.7 Å². The van der Waals surface area contributed by atoms with Crippen molar-refractivity contribution in [1.29, 1.82) is 0 Å². The number of anilines is 1. The Kier molecular flexibility index (Phi) is 4.81. The van der Waals surface area contributed by atoms with Gasteiger partial charge < -0.3 is 5.73 Å². The van der Waals surface area contributed by atoms with Crippen molar-refractivity contribution < 1.29 is 13.2 Å². The van der Waals surface area contributed by atoms with E-state index in [-0.39, 0.29) is 11.5 Å². The van der Waals surface area contributed by atoms with Gasteiger partial charge in [-0.1, -0.05) is 12.1 Å². The summed E-state index contributed by atoms with van der Waals surface area (Å²) in [7, 11) is 0. The number of aromatic nitrogens is 7. The van der Waals surface area contributed by atoms with Crippen LogP contribution in [0.1, 0.15) is 18.5 Å². The van der Waals surface area contributed by atoms with Crippen molar-refractivity contribution in [1.82, 2.24) is 34.3 Å². The summed E-state index contributed by atoms with van der Waals surface area (Å²) in [5.74, 6) is -3.50. The van der Waals surface area contributed by atoms with Gasteiger partial charge in [-0.05, 0) is 29.8 Å². The van der Waals surface area contributed by atoms with Gasteiger partial charge >= 0.3 is 0 Å². The summed E-state index contributed by atoms with van der Waals surface area (Å²) in [6, 6.07) is 7.09. The molecule has 11 heteroatoms. The first-order valence-electron chi connectivity index (χ1n) is 9.90. The lowest BCUT2D eigenvalue weighted by Gasteiger charge is -2.24. The Labute approximate surface area is 185 Å². The van der Waals surface area contributed by atoms with Crippen LogP contribution in [0.15, 0.2) is 67.4 Å². The molecule has 0 fully saturated rings. The first kappa shape index (κ1) is 20.6. The number of nitrogens with zero attached hydrogens (tertiary/aromatic N) is 7. The molecule has 2 N–H and O–H groups in total. The lowest BCUT2D eigenvalue weighted by molar-refractivity contribution is -0.0217. The Morgan fingerprint density at radius 2 is 1.70 bits per heavy atom. The minimum absolute atomic E-state index is 0.155. The zero-order chi connectivity index (χ0) is 23.2. The lowest BCUT2D eigenvalue weighted by atomic mass is 10.0. The van der Waals surface area contributed by atoms with Crippen molar-refractivity contribution in [3.63, 3.8) is 0 Å². The number of nitrogen functional groups attached to an aromatic ring is 1. The predicted molar refractivity (Wildman–Crippen MR) is 115 cm³/mol. The molecule has 0 spiro atoms. The topological polar surface area (TPSA) is 99.8 Å². The molecule has 5 rings (SSSR count). The standard InChI is InChI=1S/C22H17F3N8/c1-22(24,25)20(13-2-4-16(23)5-3-13)33-12-15(9-28-33)18-11-27-10-17(29-18)14-6-7-32-19(8-14)30-21(26)31-32/h2-12,20H,1H3,(H2,26,31). The fraction of sp³-hybridized carbons (Fsp3) is 0.136. The minimum atomic E-state index is -3.15. The Bertz CT molecular complexity index is 1440. The number of fused-ring (bicyclic) bond motifs is 1. The first-order valence-corrected chi connectivity index (χ1v) is 9.90. The molecule has 0 amide bonds. The SMILES string of the molecule is CC(F)(F)C(c1ccc(F)cc1)n1cc(-c2cncc(-c3ccn4nc(N)nc4c3)n2)cn1. The van der Waals surface area contributed by atoms with E-state index in [1.807, 2.05) is 0 Å². The van der Waals surface area contributed by atoms with Crippen LogP contribution in [0.4, 0.5) is 19.1 Å². The number of nitrogens with two attached hydrogens (primary N) is 1. The van der Waals surface area contributed by atoms with Crippen LogP contribution in [-0.2, 0) is 0 Å². The minimum Gasteiger partial charge on any atom is -0.366 e. The molecule has 166 valence electrons. The summed E-state index contributed by atoms with van der Waals surface area (Å²) >= 11 is 0. The van der Waals surface area contributed by atoms with E-state index in [0.29, 0.717) is 22.6 Å². The third-order valence-electron chi connectivity index (χ3n) is 5.11. The molecular formula is C22H17F3N8.